The number of carbonyl (C=O) groups is 2. The van der Waals surface area contributed by atoms with Gasteiger partial charge in [-0.15, -0.1) is 0 Å². The summed E-state index contributed by atoms with van der Waals surface area (Å²) in [6, 6.07) is 6.88. The van der Waals surface area contributed by atoms with Crippen molar-refractivity contribution in [2.45, 2.75) is 18.4 Å². The Morgan fingerprint density at radius 2 is 1.89 bits per heavy atom. The van der Waals surface area contributed by atoms with Crippen molar-refractivity contribution in [1.29, 1.82) is 0 Å². The monoisotopic (exact) mass is 326 g/mol. The molecular weight excluding hydrogens is 312 g/mol. The summed E-state index contributed by atoms with van der Waals surface area (Å²) in [5.74, 6) is -0.575. The van der Waals surface area contributed by atoms with E-state index in [1.54, 1.807) is 24.3 Å². The summed E-state index contributed by atoms with van der Waals surface area (Å²) < 4.78 is 0.889. The van der Waals surface area contributed by atoms with Crippen molar-refractivity contribution in [2.75, 3.05) is 13.2 Å². The van der Waals surface area contributed by atoms with Gasteiger partial charge in [0, 0.05) is 10.0 Å². The molecule has 0 atom stereocenters. The maximum atomic E-state index is 11.8. The highest BCUT2D eigenvalue weighted by Crippen LogP contribution is 2.34. The molecule has 1 aliphatic rings. The number of aliphatic hydroxyl groups is 1. The van der Waals surface area contributed by atoms with Gasteiger partial charge in [0.25, 0.3) is 5.91 Å². The number of rotatable bonds is 5. The quantitative estimate of drug-likeness (QED) is 0.749. The Hall–Kier alpha value is -1.40. The molecule has 1 fully saturated rings. The van der Waals surface area contributed by atoms with E-state index < -0.39 is 5.54 Å². The summed E-state index contributed by atoms with van der Waals surface area (Å²) >= 11 is 3.29. The summed E-state index contributed by atoms with van der Waals surface area (Å²) in [5.41, 5.74) is 0.0543. The van der Waals surface area contributed by atoms with Crippen molar-refractivity contribution >= 4 is 27.7 Å². The van der Waals surface area contributed by atoms with Crippen molar-refractivity contribution in [3.63, 3.8) is 0 Å². The zero-order valence-corrected chi connectivity index (χ0v) is 11.9. The lowest BCUT2D eigenvalue weighted by molar-refractivity contribution is -0.121. The van der Waals surface area contributed by atoms with Crippen molar-refractivity contribution < 1.29 is 14.7 Å². The average Bonchev–Trinajstić information content (AvgIpc) is 3.17. The fraction of sp³-hybridized carbons (Fsp3) is 0.385. The number of hydrogen-bond acceptors (Lipinski definition) is 3. The Labute approximate surface area is 119 Å². The maximum absolute atomic E-state index is 11.8. The summed E-state index contributed by atoms with van der Waals surface area (Å²) in [7, 11) is 0. The molecule has 0 heterocycles. The third kappa shape index (κ3) is 3.78. The van der Waals surface area contributed by atoms with E-state index in [0.717, 1.165) is 17.3 Å². The van der Waals surface area contributed by atoms with Crippen LogP contribution in [0.15, 0.2) is 28.7 Å². The SMILES string of the molecule is O=C(CNC(=O)c1ccc(Br)cc1)NC1(CO)CC1. The van der Waals surface area contributed by atoms with Gasteiger partial charge in [0.2, 0.25) is 5.91 Å². The van der Waals surface area contributed by atoms with E-state index >= 15 is 0 Å². The molecule has 0 aromatic heterocycles. The predicted octanol–water partition coefficient (Wildman–Crippen LogP) is 0.820. The average molecular weight is 327 g/mol. The lowest BCUT2D eigenvalue weighted by atomic mass is 10.2. The van der Waals surface area contributed by atoms with Gasteiger partial charge in [-0.25, -0.2) is 0 Å². The Morgan fingerprint density at radius 3 is 2.42 bits per heavy atom. The van der Waals surface area contributed by atoms with Crippen LogP contribution >= 0.6 is 15.9 Å². The van der Waals surface area contributed by atoms with Crippen LogP contribution in [0.2, 0.25) is 0 Å². The summed E-state index contributed by atoms with van der Waals surface area (Å²) in [6.07, 6.45) is 1.58. The Morgan fingerprint density at radius 1 is 1.26 bits per heavy atom. The third-order valence-electron chi connectivity index (χ3n) is 3.08. The number of aliphatic hydroxyl groups excluding tert-OH is 1. The fourth-order valence-corrected chi connectivity index (χ4v) is 1.94. The molecule has 0 bridgehead atoms. The second kappa shape index (κ2) is 5.71. The number of amides is 2. The van der Waals surface area contributed by atoms with Gasteiger partial charge in [0.05, 0.1) is 18.7 Å². The van der Waals surface area contributed by atoms with Crippen LogP contribution in [0.3, 0.4) is 0 Å². The minimum Gasteiger partial charge on any atom is -0.394 e. The van der Waals surface area contributed by atoms with E-state index in [4.69, 9.17) is 5.11 Å². The van der Waals surface area contributed by atoms with Crippen LogP contribution in [0.4, 0.5) is 0 Å². The first-order chi connectivity index (χ1) is 9.04. The van der Waals surface area contributed by atoms with Gasteiger partial charge in [0.15, 0.2) is 0 Å². The number of halogens is 1. The molecule has 3 N–H and O–H groups in total. The van der Waals surface area contributed by atoms with Crippen LogP contribution in [0.1, 0.15) is 23.2 Å². The standard InChI is InChI=1S/C13H15BrN2O3/c14-10-3-1-9(2-4-10)12(19)15-7-11(18)16-13(8-17)5-6-13/h1-4,17H,5-8H2,(H,15,19)(H,16,18). The van der Waals surface area contributed by atoms with Gasteiger partial charge in [-0.05, 0) is 37.1 Å². The molecule has 1 aliphatic carbocycles. The zero-order valence-electron chi connectivity index (χ0n) is 10.3. The molecule has 0 radical (unpaired) electrons. The van der Waals surface area contributed by atoms with Crippen molar-refractivity contribution in [3.8, 4) is 0 Å². The lowest BCUT2D eigenvalue weighted by Gasteiger charge is -2.14. The summed E-state index contributed by atoms with van der Waals surface area (Å²) in [5, 5.41) is 14.3. The molecule has 1 saturated carbocycles. The van der Waals surface area contributed by atoms with Crippen molar-refractivity contribution in [1.82, 2.24) is 10.6 Å². The molecule has 1 aromatic rings. The van der Waals surface area contributed by atoms with Crippen LogP contribution in [0.25, 0.3) is 0 Å². The number of nitrogens with one attached hydrogen (secondary N) is 2. The molecule has 19 heavy (non-hydrogen) atoms. The highest BCUT2D eigenvalue weighted by Gasteiger charge is 2.43. The van der Waals surface area contributed by atoms with Gasteiger partial charge in [-0.1, -0.05) is 15.9 Å². The zero-order chi connectivity index (χ0) is 13.9. The number of carbonyl (C=O) groups excluding carboxylic acids is 2. The second-order valence-electron chi connectivity index (χ2n) is 4.68. The van der Waals surface area contributed by atoms with Crippen LogP contribution in [-0.4, -0.2) is 35.6 Å². The lowest BCUT2D eigenvalue weighted by Crippen LogP contribution is -2.45. The molecule has 0 spiro atoms. The van der Waals surface area contributed by atoms with E-state index in [-0.39, 0.29) is 25.0 Å². The molecule has 1 aromatic carbocycles. The highest BCUT2D eigenvalue weighted by molar-refractivity contribution is 9.10. The van der Waals surface area contributed by atoms with Crippen molar-refractivity contribution in [2.24, 2.45) is 0 Å². The minimum atomic E-state index is -0.445. The molecule has 6 heteroatoms. The van der Waals surface area contributed by atoms with E-state index in [1.165, 1.54) is 0 Å². The van der Waals surface area contributed by atoms with Crippen LogP contribution in [0, 0.1) is 0 Å². The van der Waals surface area contributed by atoms with E-state index in [0.29, 0.717) is 5.56 Å². The van der Waals surface area contributed by atoms with Crippen LogP contribution in [0.5, 0.6) is 0 Å². The molecule has 2 amide bonds. The Bertz CT molecular complexity index is 483. The Balaban J connectivity index is 1.80. The predicted molar refractivity (Wildman–Crippen MR) is 73.7 cm³/mol. The molecule has 2 rings (SSSR count). The van der Waals surface area contributed by atoms with E-state index in [9.17, 15) is 9.59 Å². The first-order valence-corrected chi connectivity index (χ1v) is 6.80. The van der Waals surface area contributed by atoms with Gasteiger partial charge in [0.1, 0.15) is 0 Å². The van der Waals surface area contributed by atoms with Crippen LogP contribution in [-0.2, 0) is 4.79 Å². The molecule has 5 nitrogen and oxygen atoms in total. The molecule has 0 unspecified atom stereocenters. The summed E-state index contributed by atoms with van der Waals surface area (Å²) in [6.45, 7) is -0.143. The van der Waals surface area contributed by atoms with E-state index in [2.05, 4.69) is 26.6 Å². The van der Waals surface area contributed by atoms with E-state index in [1.807, 2.05) is 0 Å². The topological polar surface area (TPSA) is 78.4 Å². The van der Waals surface area contributed by atoms with Gasteiger partial charge >= 0.3 is 0 Å². The first-order valence-electron chi connectivity index (χ1n) is 6.00. The largest absolute Gasteiger partial charge is 0.394 e. The maximum Gasteiger partial charge on any atom is 0.251 e. The summed E-state index contributed by atoms with van der Waals surface area (Å²) in [4.78, 5) is 23.4. The second-order valence-corrected chi connectivity index (χ2v) is 5.59. The van der Waals surface area contributed by atoms with Gasteiger partial charge in [-0.2, -0.15) is 0 Å². The Kier molecular flexibility index (Phi) is 4.21. The normalized spacial score (nSPS) is 15.7. The smallest absolute Gasteiger partial charge is 0.251 e. The minimum absolute atomic E-state index is 0.0562. The van der Waals surface area contributed by atoms with Crippen molar-refractivity contribution in [3.05, 3.63) is 34.3 Å². The van der Waals surface area contributed by atoms with Gasteiger partial charge < -0.3 is 15.7 Å². The molecular formula is C13H15BrN2O3. The molecule has 102 valence electrons. The first kappa shape index (κ1) is 14.0. The van der Waals surface area contributed by atoms with Crippen LogP contribution < -0.4 is 10.6 Å². The fourth-order valence-electron chi connectivity index (χ4n) is 1.68. The molecule has 0 aliphatic heterocycles. The van der Waals surface area contributed by atoms with Gasteiger partial charge in [-0.3, -0.25) is 9.59 Å². The molecule has 0 saturated heterocycles. The third-order valence-corrected chi connectivity index (χ3v) is 3.61. The highest BCUT2D eigenvalue weighted by atomic mass is 79.9. The number of hydrogen-bond donors (Lipinski definition) is 3. The number of benzene rings is 1.